The lowest BCUT2D eigenvalue weighted by molar-refractivity contribution is -0.501. The maximum Gasteiger partial charge on any atom is 0.415 e. The van der Waals surface area contributed by atoms with Gasteiger partial charge in [0.2, 0.25) is 11.1 Å². The lowest BCUT2D eigenvalue weighted by Gasteiger charge is -2.58. The van der Waals surface area contributed by atoms with E-state index in [0.717, 1.165) is 0 Å². The number of hydrogen-bond acceptors (Lipinski definition) is 1. The number of alkyl halides is 12. The molecule has 0 aromatic heterocycles. The summed E-state index contributed by atoms with van der Waals surface area (Å²) in [5, 5.41) is -2.97. The van der Waals surface area contributed by atoms with Crippen LogP contribution in [0.15, 0.2) is 0 Å². The summed E-state index contributed by atoms with van der Waals surface area (Å²) in [5.41, 5.74) is -11.7. The average Bonchev–Trinajstić information content (AvgIpc) is 2.30. The lowest BCUT2D eigenvalue weighted by atomic mass is 9.71. The van der Waals surface area contributed by atoms with Crippen LogP contribution in [0, 0.1) is 0 Å². The molecule has 0 amide bonds. The second-order valence-corrected chi connectivity index (χ2v) is 5.14. The first kappa shape index (κ1) is 20.1. The van der Waals surface area contributed by atoms with E-state index in [1.54, 1.807) is 0 Å². The van der Waals surface area contributed by atoms with Crippen molar-refractivity contribution in [3.05, 3.63) is 0 Å². The Bertz CT molecular complexity index is 449. The van der Waals surface area contributed by atoms with Crippen LogP contribution in [0.3, 0.4) is 0 Å². The van der Waals surface area contributed by atoms with E-state index in [-0.39, 0.29) is 0 Å². The van der Waals surface area contributed by atoms with E-state index >= 15 is 0 Å². The van der Waals surface area contributed by atoms with Crippen LogP contribution in [-0.4, -0.2) is 46.3 Å². The van der Waals surface area contributed by atoms with E-state index < -0.39 is 60.2 Å². The summed E-state index contributed by atoms with van der Waals surface area (Å²) in [6.07, 6.45) is -13.5. The van der Waals surface area contributed by atoms with Crippen molar-refractivity contribution < 1.29 is 57.2 Å². The molecule has 2 unspecified atom stereocenters. The van der Waals surface area contributed by atoms with Gasteiger partial charge in [-0.2, -0.15) is 52.7 Å². The minimum Gasteiger partial charge on any atom is -0.197 e. The fourth-order valence-corrected chi connectivity index (χ4v) is 2.08. The Balaban J connectivity index is 3.96. The van der Waals surface area contributed by atoms with Crippen LogP contribution in [-0.2, 0) is 0 Å². The minimum absolute atomic E-state index is 1.06. The summed E-state index contributed by atoms with van der Waals surface area (Å²) >= 11 is 0. The van der Waals surface area contributed by atoms with Crippen molar-refractivity contribution in [1.82, 2.24) is 5.12 Å². The second kappa shape index (κ2) is 4.36. The van der Waals surface area contributed by atoms with Gasteiger partial charge in [0.15, 0.2) is 0 Å². The van der Waals surface area contributed by atoms with Gasteiger partial charge in [-0.25, -0.2) is 0 Å². The Labute approximate surface area is 119 Å². The molecule has 1 aliphatic rings. The van der Waals surface area contributed by atoms with Gasteiger partial charge in [0.1, 0.15) is 0 Å². The Morgan fingerprint density at radius 2 is 0.783 bits per heavy atom. The van der Waals surface area contributed by atoms with Crippen LogP contribution in [0.2, 0.25) is 0 Å². The normalized spacial score (nSPS) is 37.7. The molecule has 23 heavy (non-hydrogen) atoms. The molecular weight excluding hydrogens is 369 g/mol. The summed E-state index contributed by atoms with van der Waals surface area (Å²) < 4.78 is 170. The molecule has 0 saturated carbocycles. The molecule has 1 fully saturated rings. The second-order valence-electron chi connectivity index (χ2n) is 5.14. The molecule has 1 heterocycles. The van der Waals surface area contributed by atoms with Crippen molar-refractivity contribution in [2.45, 2.75) is 55.0 Å². The minimum atomic E-state index is -7.16. The zero-order valence-electron chi connectivity index (χ0n) is 10.9. The largest absolute Gasteiger partial charge is 0.415 e. The van der Waals surface area contributed by atoms with Gasteiger partial charge in [0.05, 0.1) is 0 Å². The topological polar surface area (TPSA) is 3.24 Å². The molecule has 1 aliphatic heterocycles. The Kier molecular flexibility index (Phi) is 3.81. The number of halogens is 13. The molecule has 0 aromatic rings. The van der Waals surface area contributed by atoms with Crippen molar-refractivity contribution in [1.29, 1.82) is 0 Å². The van der Waals surface area contributed by atoms with E-state index in [1.807, 2.05) is 0 Å². The van der Waals surface area contributed by atoms with Gasteiger partial charge in [-0.05, 0) is 13.8 Å². The number of rotatable bonds is 0. The molecule has 1 rings (SSSR count). The third-order valence-electron chi connectivity index (χ3n) is 3.90. The number of hydrogen-bond donors (Lipinski definition) is 0. The smallest absolute Gasteiger partial charge is 0.197 e. The predicted octanol–water partition coefficient (Wildman–Crippen LogP) is 4.73. The third kappa shape index (κ3) is 1.81. The average molecular weight is 375 g/mol. The molecule has 0 bridgehead atoms. The molecule has 1 saturated heterocycles. The highest BCUT2D eigenvalue weighted by Gasteiger charge is 2.97. The van der Waals surface area contributed by atoms with Gasteiger partial charge in [-0.1, -0.05) is 0 Å². The molecule has 14 heteroatoms. The molecule has 0 N–H and O–H groups in total. The Morgan fingerprint density at radius 3 is 0.957 bits per heavy atom. The zero-order valence-corrected chi connectivity index (χ0v) is 10.9. The standard InChI is InChI=1S/C9H6F13N/c1-3(8(16,17)18)5(10,11)7(14,15)6(12,13)4(2,23(3)22)9(19,20)21/h1-2H3. The monoisotopic (exact) mass is 375 g/mol. The maximum absolute atomic E-state index is 13.7. The van der Waals surface area contributed by atoms with Crippen LogP contribution >= 0.6 is 0 Å². The summed E-state index contributed by atoms with van der Waals surface area (Å²) in [6, 6.07) is 0. The molecule has 2 atom stereocenters. The van der Waals surface area contributed by atoms with Crippen LogP contribution in [0.1, 0.15) is 13.8 Å². The first-order valence-electron chi connectivity index (χ1n) is 5.38. The predicted molar refractivity (Wildman–Crippen MR) is 46.7 cm³/mol. The molecule has 0 aromatic carbocycles. The number of piperidine rings is 1. The SMILES string of the molecule is CC1(C(F)(F)F)N(F)C(C)(C(F)(F)F)C(F)(F)C(F)(F)C1(F)F. The molecular formula is C9H6F13N. The fourth-order valence-electron chi connectivity index (χ4n) is 2.08. The zero-order chi connectivity index (χ0) is 19.1. The first-order chi connectivity index (χ1) is 9.65. The highest BCUT2D eigenvalue weighted by Crippen LogP contribution is 2.68. The van der Waals surface area contributed by atoms with Crippen molar-refractivity contribution >= 4 is 0 Å². The van der Waals surface area contributed by atoms with E-state index in [0.29, 0.717) is 0 Å². The van der Waals surface area contributed by atoms with Crippen LogP contribution < -0.4 is 0 Å². The third-order valence-corrected chi connectivity index (χ3v) is 3.90. The van der Waals surface area contributed by atoms with Crippen molar-refractivity contribution in [2.75, 3.05) is 0 Å². The molecule has 1 nitrogen and oxygen atoms in total. The maximum atomic E-state index is 13.7. The van der Waals surface area contributed by atoms with Gasteiger partial charge in [0.25, 0.3) is 0 Å². The molecule has 138 valence electrons. The van der Waals surface area contributed by atoms with Crippen molar-refractivity contribution in [3.8, 4) is 0 Å². The number of nitrogens with zero attached hydrogens (tertiary/aromatic N) is 1. The van der Waals surface area contributed by atoms with Gasteiger partial charge in [-0.15, -0.1) is 9.60 Å². The van der Waals surface area contributed by atoms with Crippen LogP contribution in [0.4, 0.5) is 57.2 Å². The Hall–Kier alpha value is -0.950. The summed E-state index contributed by atoms with van der Waals surface area (Å²) in [5.74, 6) is -21.0. The van der Waals surface area contributed by atoms with E-state index in [9.17, 15) is 57.2 Å². The van der Waals surface area contributed by atoms with Crippen molar-refractivity contribution in [2.24, 2.45) is 0 Å². The summed E-state index contributed by atoms with van der Waals surface area (Å²) in [6.45, 7) is -2.11. The summed E-state index contributed by atoms with van der Waals surface area (Å²) in [4.78, 5) is 0. The first-order valence-corrected chi connectivity index (χ1v) is 5.38. The highest BCUT2D eigenvalue weighted by molar-refractivity contribution is 5.26. The highest BCUT2D eigenvalue weighted by atomic mass is 19.4. The van der Waals surface area contributed by atoms with Crippen LogP contribution in [0.25, 0.3) is 0 Å². The molecule has 0 aliphatic carbocycles. The fraction of sp³-hybridized carbons (Fsp3) is 1.00. The van der Waals surface area contributed by atoms with E-state index in [4.69, 9.17) is 0 Å². The van der Waals surface area contributed by atoms with E-state index in [2.05, 4.69) is 0 Å². The van der Waals surface area contributed by atoms with Gasteiger partial charge in [0, 0.05) is 0 Å². The van der Waals surface area contributed by atoms with Gasteiger partial charge < -0.3 is 0 Å². The van der Waals surface area contributed by atoms with Crippen LogP contribution in [0.5, 0.6) is 0 Å². The van der Waals surface area contributed by atoms with Gasteiger partial charge >= 0.3 is 30.1 Å². The lowest BCUT2D eigenvalue weighted by Crippen LogP contribution is -2.88. The van der Waals surface area contributed by atoms with Gasteiger partial charge in [-0.3, -0.25) is 0 Å². The summed E-state index contributed by atoms with van der Waals surface area (Å²) in [7, 11) is 0. The molecule has 0 spiro atoms. The van der Waals surface area contributed by atoms with E-state index in [1.165, 1.54) is 0 Å². The Morgan fingerprint density at radius 1 is 0.565 bits per heavy atom. The quantitative estimate of drug-likeness (QED) is 0.437. The molecule has 0 radical (unpaired) electrons. The van der Waals surface area contributed by atoms with Crippen molar-refractivity contribution in [3.63, 3.8) is 0 Å².